The highest BCUT2D eigenvalue weighted by atomic mass is 13.8. The van der Waals surface area contributed by atoms with Gasteiger partial charge in [-0.15, -0.1) is 0 Å². The fourth-order valence-corrected chi connectivity index (χ4v) is 1.63. The summed E-state index contributed by atoms with van der Waals surface area (Å²) in [6.45, 7) is 6.06. The first-order chi connectivity index (χ1) is 9.41. The third-order valence-electron chi connectivity index (χ3n) is 2.83. The van der Waals surface area contributed by atoms with Crippen molar-refractivity contribution >= 4 is 0 Å². The van der Waals surface area contributed by atoms with Crippen LogP contribution in [-0.2, 0) is 0 Å². The molecule has 1 radical (unpaired) electrons. The normalized spacial score (nSPS) is 12.7. The molecule has 0 amide bonds. The van der Waals surface area contributed by atoms with E-state index in [0.717, 1.165) is 25.7 Å². The molecule has 0 aliphatic heterocycles. The molecule has 0 heteroatoms. The summed E-state index contributed by atoms with van der Waals surface area (Å²) in [4.78, 5) is 0. The van der Waals surface area contributed by atoms with Crippen molar-refractivity contribution in [3.05, 3.63) is 55.5 Å². The zero-order valence-electron chi connectivity index (χ0n) is 12.7. The van der Waals surface area contributed by atoms with Crippen LogP contribution < -0.4 is 0 Å². The number of hydrogen-bond acceptors (Lipinski definition) is 0. The van der Waals surface area contributed by atoms with Gasteiger partial charge in [0, 0.05) is 0 Å². The van der Waals surface area contributed by atoms with Gasteiger partial charge in [-0.2, -0.15) is 0 Å². The van der Waals surface area contributed by atoms with Crippen molar-refractivity contribution in [1.82, 2.24) is 0 Å². The summed E-state index contributed by atoms with van der Waals surface area (Å²) in [5, 5.41) is 0. The molecule has 19 heavy (non-hydrogen) atoms. The van der Waals surface area contributed by atoms with E-state index in [2.05, 4.69) is 62.5 Å². The van der Waals surface area contributed by atoms with Gasteiger partial charge in [0.1, 0.15) is 0 Å². The van der Waals surface area contributed by atoms with Crippen LogP contribution in [-0.4, -0.2) is 0 Å². The van der Waals surface area contributed by atoms with Crippen LogP contribution in [0.3, 0.4) is 0 Å². The van der Waals surface area contributed by atoms with E-state index in [1.165, 1.54) is 32.1 Å². The van der Waals surface area contributed by atoms with Crippen molar-refractivity contribution in [3.8, 4) is 0 Å². The van der Waals surface area contributed by atoms with Crippen molar-refractivity contribution < 1.29 is 0 Å². The molecule has 0 nitrogen and oxygen atoms in total. The summed E-state index contributed by atoms with van der Waals surface area (Å²) in [7, 11) is 0. The molecule has 0 aliphatic carbocycles. The number of unbranched alkanes of at least 4 members (excludes halogenated alkanes) is 4. The molecule has 107 valence electrons. The summed E-state index contributed by atoms with van der Waals surface area (Å²) in [5.74, 6) is 0. The van der Waals surface area contributed by atoms with Crippen molar-refractivity contribution in [2.75, 3.05) is 0 Å². The Morgan fingerprint density at radius 3 is 1.47 bits per heavy atom. The predicted molar refractivity (Wildman–Crippen MR) is 89.1 cm³/mol. The molecule has 0 N–H and O–H groups in total. The molecule has 0 bridgehead atoms. The third-order valence-corrected chi connectivity index (χ3v) is 2.83. The maximum atomic E-state index is 3.83. The minimum atomic E-state index is 1.04. The topological polar surface area (TPSA) is 0 Å². The van der Waals surface area contributed by atoms with Crippen molar-refractivity contribution in [2.45, 2.75) is 64.7 Å². The van der Waals surface area contributed by atoms with E-state index in [4.69, 9.17) is 0 Å². The van der Waals surface area contributed by atoms with E-state index < -0.39 is 0 Å². The molecule has 0 aromatic heterocycles. The molecule has 0 atom stereocenters. The van der Waals surface area contributed by atoms with Crippen LogP contribution in [0.25, 0.3) is 0 Å². The molecule has 0 spiro atoms. The Kier molecular flexibility index (Phi) is 16.0. The van der Waals surface area contributed by atoms with E-state index in [9.17, 15) is 0 Å². The average Bonchev–Trinajstić information content (AvgIpc) is 2.43. The van der Waals surface area contributed by atoms with Gasteiger partial charge >= 0.3 is 0 Å². The molecule has 0 aliphatic rings. The van der Waals surface area contributed by atoms with Gasteiger partial charge in [0.2, 0.25) is 0 Å². The second-order valence-corrected chi connectivity index (χ2v) is 4.73. The minimum Gasteiger partial charge on any atom is -0.0882 e. The van der Waals surface area contributed by atoms with Gasteiger partial charge in [-0.3, -0.25) is 0 Å². The summed E-state index contributed by atoms with van der Waals surface area (Å²) in [5.41, 5.74) is 0. The van der Waals surface area contributed by atoms with Crippen molar-refractivity contribution in [1.29, 1.82) is 0 Å². The Labute approximate surface area is 121 Å². The highest BCUT2D eigenvalue weighted by molar-refractivity contribution is 4.99. The number of allylic oxidation sites excluding steroid dienone is 8. The van der Waals surface area contributed by atoms with Crippen LogP contribution >= 0.6 is 0 Å². The van der Waals surface area contributed by atoms with Crippen LogP contribution in [0.1, 0.15) is 64.7 Å². The Balaban J connectivity index is 3.36. The first-order valence-corrected chi connectivity index (χ1v) is 7.81. The van der Waals surface area contributed by atoms with Gasteiger partial charge in [-0.05, 0) is 38.5 Å². The molecule has 0 saturated heterocycles. The van der Waals surface area contributed by atoms with Crippen molar-refractivity contribution in [3.63, 3.8) is 0 Å². The monoisotopic (exact) mass is 259 g/mol. The summed E-state index contributed by atoms with van der Waals surface area (Å²) >= 11 is 0. The van der Waals surface area contributed by atoms with E-state index in [-0.39, 0.29) is 0 Å². The fourth-order valence-electron chi connectivity index (χ4n) is 1.63. The van der Waals surface area contributed by atoms with Gasteiger partial charge in [-0.25, -0.2) is 0 Å². The van der Waals surface area contributed by atoms with Crippen LogP contribution in [0.5, 0.6) is 0 Å². The quantitative estimate of drug-likeness (QED) is 0.274. The SMILES string of the molecule is [CH2]CCCC=CCC=CCC=CCC=CCCCC. The van der Waals surface area contributed by atoms with Crippen LogP contribution in [0.4, 0.5) is 0 Å². The Morgan fingerprint density at radius 2 is 1.05 bits per heavy atom. The average molecular weight is 259 g/mol. The van der Waals surface area contributed by atoms with Gasteiger partial charge in [-0.1, -0.05) is 81.7 Å². The molecule has 0 unspecified atom stereocenters. The second-order valence-electron chi connectivity index (χ2n) is 4.73. The Morgan fingerprint density at radius 1 is 0.632 bits per heavy atom. The molecule has 0 heterocycles. The maximum Gasteiger partial charge on any atom is -0.0169 e. The molecule has 0 saturated carbocycles. The lowest BCUT2D eigenvalue weighted by molar-refractivity contribution is 0.813. The summed E-state index contributed by atoms with van der Waals surface area (Å²) in [6.07, 6.45) is 28.4. The molecule has 0 fully saturated rings. The number of hydrogen-bond donors (Lipinski definition) is 0. The van der Waals surface area contributed by atoms with E-state index in [1.807, 2.05) is 0 Å². The molecular weight excluding hydrogens is 228 g/mol. The van der Waals surface area contributed by atoms with Crippen molar-refractivity contribution in [2.24, 2.45) is 0 Å². The summed E-state index contributed by atoms with van der Waals surface area (Å²) in [6, 6.07) is 0. The summed E-state index contributed by atoms with van der Waals surface area (Å²) < 4.78 is 0. The molecule has 0 rings (SSSR count). The molecular formula is C19H31. The lowest BCUT2D eigenvalue weighted by Gasteiger charge is -1.88. The molecule has 0 aromatic carbocycles. The van der Waals surface area contributed by atoms with Crippen LogP contribution in [0.2, 0.25) is 0 Å². The van der Waals surface area contributed by atoms with E-state index in [0.29, 0.717) is 0 Å². The Bertz CT molecular complexity index is 238. The van der Waals surface area contributed by atoms with Gasteiger partial charge in [0.15, 0.2) is 0 Å². The standard InChI is InChI=1S/C19H31/c1-3-5-7-9-11-13-15-17-19-18-16-14-12-10-8-6-4-2/h9-12,15-18H,1,3-8,13-14,19H2,2H3. The zero-order valence-corrected chi connectivity index (χ0v) is 12.7. The van der Waals surface area contributed by atoms with Gasteiger partial charge in [0.25, 0.3) is 0 Å². The predicted octanol–water partition coefficient (Wildman–Crippen LogP) is 6.58. The Hall–Kier alpha value is -1.04. The van der Waals surface area contributed by atoms with Gasteiger partial charge < -0.3 is 0 Å². The van der Waals surface area contributed by atoms with E-state index in [1.54, 1.807) is 0 Å². The maximum absolute atomic E-state index is 3.83. The highest BCUT2D eigenvalue weighted by Crippen LogP contribution is 1.99. The first kappa shape index (κ1) is 18.0. The lowest BCUT2D eigenvalue weighted by Crippen LogP contribution is -1.67. The van der Waals surface area contributed by atoms with Crippen LogP contribution in [0, 0.1) is 6.92 Å². The lowest BCUT2D eigenvalue weighted by atomic mass is 10.2. The van der Waals surface area contributed by atoms with E-state index >= 15 is 0 Å². The minimum absolute atomic E-state index is 1.04. The smallest absolute Gasteiger partial charge is 0.0169 e. The first-order valence-electron chi connectivity index (χ1n) is 7.81. The van der Waals surface area contributed by atoms with Gasteiger partial charge in [0.05, 0.1) is 0 Å². The second kappa shape index (κ2) is 17.0. The fraction of sp³-hybridized carbons (Fsp3) is 0.526. The largest absolute Gasteiger partial charge is 0.0882 e. The van der Waals surface area contributed by atoms with Crippen LogP contribution in [0.15, 0.2) is 48.6 Å². The highest BCUT2D eigenvalue weighted by Gasteiger charge is 1.78. The molecule has 0 aromatic rings. The third kappa shape index (κ3) is 17.0. The zero-order chi connectivity index (χ0) is 14.0. The number of rotatable bonds is 12.